The topological polar surface area (TPSA) is 73.3 Å². The molecule has 74 valence electrons. The van der Waals surface area contributed by atoms with Crippen molar-refractivity contribution >= 4 is 21.4 Å². The molecule has 5 nitrogen and oxygen atoms in total. The zero-order valence-corrected chi connectivity index (χ0v) is 8.71. The summed E-state index contributed by atoms with van der Waals surface area (Å²) in [5.41, 5.74) is 6.10. The summed E-state index contributed by atoms with van der Waals surface area (Å²) >= 11 is 1.22. The van der Waals surface area contributed by atoms with Crippen LogP contribution in [0.3, 0.4) is 0 Å². The van der Waals surface area contributed by atoms with Crippen molar-refractivity contribution in [2.75, 3.05) is 5.73 Å². The van der Waals surface area contributed by atoms with E-state index in [1.54, 1.807) is 0 Å². The summed E-state index contributed by atoms with van der Waals surface area (Å²) in [6.07, 6.45) is 0. The zero-order valence-electron chi connectivity index (χ0n) is 7.89. The first-order chi connectivity index (χ1) is 6.58. The Labute approximate surface area is 84.2 Å². The highest BCUT2D eigenvalue weighted by molar-refractivity contribution is 7.20. The predicted molar refractivity (Wildman–Crippen MR) is 55.6 cm³/mol. The lowest BCUT2D eigenvalue weighted by Gasteiger charge is -2.01. The van der Waals surface area contributed by atoms with Crippen molar-refractivity contribution in [2.45, 2.75) is 19.8 Å². The number of hydrogen-bond donors (Lipinski definition) is 1. The maximum absolute atomic E-state index is 11.5. The van der Waals surface area contributed by atoms with E-state index in [1.165, 1.54) is 21.9 Å². The molecule has 2 N–H and O–H groups in total. The molecule has 0 aliphatic heterocycles. The molecule has 2 rings (SSSR count). The number of nitrogen functional groups attached to an aromatic ring is 1. The van der Waals surface area contributed by atoms with Gasteiger partial charge in [-0.2, -0.15) is 4.52 Å². The summed E-state index contributed by atoms with van der Waals surface area (Å²) in [5.74, 6) is 0.232. The zero-order chi connectivity index (χ0) is 10.3. The van der Waals surface area contributed by atoms with Crippen LogP contribution in [0.25, 0.3) is 4.96 Å². The van der Waals surface area contributed by atoms with E-state index in [0.717, 1.165) is 5.69 Å². The highest BCUT2D eigenvalue weighted by atomic mass is 32.1. The fraction of sp³-hybridized carbons (Fsp3) is 0.375. The number of fused-ring (bicyclic) bond motifs is 1. The van der Waals surface area contributed by atoms with Crippen LogP contribution in [0.4, 0.5) is 5.13 Å². The Morgan fingerprint density at radius 1 is 1.57 bits per heavy atom. The molecule has 0 aliphatic carbocycles. The van der Waals surface area contributed by atoms with Gasteiger partial charge in [0.25, 0.3) is 5.56 Å². The summed E-state index contributed by atoms with van der Waals surface area (Å²) in [4.78, 5) is 16.4. The summed E-state index contributed by atoms with van der Waals surface area (Å²) in [6.45, 7) is 3.98. The van der Waals surface area contributed by atoms with Crippen molar-refractivity contribution in [1.29, 1.82) is 0 Å². The molecule has 0 bridgehead atoms. The molecule has 14 heavy (non-hydrogen) atoms. The summed E-state index contributed by atoms with van der Waals surface area (Å²) < 4.78 is 1.23. The summed E-state index contributed by atoms with van der Waals surface area (Å²) in [7, 11) is 0. The van der Waals surface area contributed by atoms with Crippen molar-refractivity contribution in [2.24, 2.45) is 0 Å². The lowest BCUT2D eigenvalue weighted by atomic mass is 10.1. The Hall–Kier alpha value is -1.43. The van der Waals surface area contributed by atoms with Gasteiger partial charge in [-0.1, -0.05) is 25.2 Å². The second kappa shape index (κ2) is 3.06. The van der Waals surface area contributed by atoms with E-state index >= 15 is 0 Å². The molecule has 0 radical (unpaired) electrons. The number of nitrogens with two attached hydrogens (primary N) is 1. The van der Waals surface area contributed by atoms with Crippen LogP contribution in [0, 0.1) is 0 Å². The van der Waals surface area contributed by atoms with Crippen LogP contribution in [0.5, 0.6) is 0 Å². The molecule has 6 heteroatoms. The first-order valence-corrected chi connectivity index (χ1v) is 5.06. The fourth-order valence-electron chi connectivity index (χ4n) is 1.14. The van der Waals surface area contributed by atoms with E-state index in [0.29, 0.717) is 10.1 Å². The maximum Gasteiger partial charge on any atom is 0.275 e. The molecule has 0 atom stereocenters. The van der Waals surface area contributed by atoms with Gasteiger partial charge < -0.3 is 5.73 Å². The normalized spacial score (nSPS) is 11.4. The van der Waals surface area contributed by atoms with E-state index in [9.17, 15) is 4.79 Å². The third kappa shape index (κ3) is 1.37. The van der Waals surface area contributed by atoms with Gasteiger partial charge in [0.1, 0.15) is 0 Å². The van der Waals surface area contributed by atoms with Crippen LogP contribution >= 0.6 is 11.3 Å². The molecule has 2 aromatic heterocycles. The van der Waals surface area contributed by atoms with Gasteiger partial charge in [-0.3, -0.25) is 4.79 Å². The van der Waals surface area contributed by atoms with Crippen LogP contribution in [-0.2, 0) is 0 Å². The predicted octanol–water partition coefficient (Wildman–Crippen LogP) is 0.857. The molecule has 0 saturated heterocycles. The molecule has 0 aromatic carbocycles. The first-order valence-electron chi connectivity index (χ1n) is 4.24. The van der Waals surface area contributed by atoms with Crippen LogP contribution in [0.15, 0.2) is 10.9 Å². The average Bonchev–Trinajstić information content (AvgIpc) is 2.45. The van der Waals surface area contributed by atoms with Crippen LogP contribution in [0.1, 0.15) is 25.5 Å². The number of rotatable bonds is 1. The molecule has 0 unspecified atom stereocenters. The highest BCUT2D eigenvalue weighted by Crippen LogP contribution is 2.15. The van der Waals surface area contributed by atoms with E-state index < -0.39 is 0 Å². The maximum atomic E-state index is 11.5. The van der Waals surface area contributed by atoms with Gasteiger partial charge in [0, 0.05) is 6.07 Å². The third-order valence-electron chi connectivity index (χ3n) is 1.87. The SMILES string of the molecule is CC(C)c1cc(=O)n2nc(N)sc2n1. The second-order valence-electron chi connectivity index (χ2n) is 3.31. The standard InChI is InChI=1S/C8H10N4OS/c1-4(2)5-3-6(13)12-8(10-5)14-7(9)11-12/h3-4H,1-2H3,(H2,9,11). The largest absolute Gasteiger partial charge is 0.374 e. The number of hydrogen-bond acceptors (Lipinski definition) is 5. The quantitative estimate of drug-likeness (QED) is 0.757. The van der Waals surface area contributed by atoms with E-state index in [2.05, 4.69) is 10.1 Å². The van der Waals surface area contributed by atoms with Crippen molar-refractivity contribution in [3.8, 4) is 0 Å². The number of anilines is 1. The van der Waals surface area contributed by atoms with Crippen molar-refractivity contribution < 1.29 is 0 Å². The number of aromatic nitrogens is 3. The molecular formula is C8H10N4OS. The van der Waals surface area contributed by atoms with Crippen molar-refractivity contribution in [3.05, 3.63) is 22.1 Å². The Balaban J connectivity index is 2.78. The molecule has 0 amide bonds. The summed E-state index contributed by atoms with van der Waals surface area (Å²) in [6, 6.07) is 1.50. The van der Waals surface area contributed by atoms with E-state index in [1.807, 2.05) is 13.8 Å². The Kier molecular flexibility index (Phi) is 1.99. The first kappa shape index (κ1) is 9.14. The molecule has 0 saturated carbocycles. The Morgan fingerprint density at radius 2 is 2.29 bits per heavy atom. The van der Waals surface area contributed by atoms with Gasteiger partial charge >= 0.3 is 0 Å². The van der Waals surface area contributed by atoms with Gasteiger partial charge in [0.05, 0.1) is 5.69 Å². The monoisotopic (exact) mass is 210 g/mol. The second-order valence-corrected chi connectivity index (χ2v) is 4.30. The fourth-order valence-corrected chi connectivity index (χ4v) is 1.82. The molecule has 2 heterocycles. The third-order valence-corrected chi connectivity index (χ3v) is 2.61. The molecule has 2 aromatic rings. The Morgan fingerprint density at radius 3 is 2.93 bits per heavy atom. The van der Waals surface area contributed by atoms with Crippen LogP contribution < -0.4 is 11.3 Å². The lowest BCUT2D eigenvalue weighted by molar-refractivity contribution is 0.799. The van der Waals surface area contributed by atoms with Gasteiger partial charge in [0.2, 0.25) is 10.1 Å². The minimum absolute atomic E-state index is 0.174. The van der Waals surface area contributed by atoms with Gasteiger partial charge in [-0.25, -0.2) is 4.98 Å². The Bertz CT molecular complexity index is 528. The minimum Gasteiger partial charge on any atom is -0.374 e. The lowest BCUT2D eigenvalue weighted by Crippen LogP contribution is -2.15. The van der Waals surface area contributed by atoms with Gasteiger partial charge in [-0.15, -0.1) is 5.10 Å². The molecule has 0 fully saturated rings. The van der Waals surface area contributed by atoms with Gasteiger partial charge in [0.15, 0.2) is 0 Å². The highest BCUT2D eigenvalue weighted by Gasteiger charge is 2.08. The molecule has 0 spiro atoms. The number of nitrogens with zero attached hydrogens (tertiary/aromatic N) is 3. The van der Waals surface area contributed by atoms with E-state index in [4.69, 9.17) is 5.73 Å². The molecule has 0 aliphatic rings. The van der Waals surface area contributed by atoms with Crippen LogP contribution in [0.2, 0.25) is 0 Å². The minimum atomic E-state index is -0.174. The molecular weight excluding hydrogens is 200 g/mol. The van der Waals surface area contributed by atoms with Gasteiger partial charge in [-0.05, 0) is 5.92 Å². The van der Waals surface area contributed by atoms with Crippen molar-refractivity contribution in [1.82, 2.24) is 14.6 Å². The smallest absolute Gasteiger partial charge is 0.275 e. The summed E-state index contributed by atoms with van der Waals surface area (Å²) in [5, 5.41) is 4.21. The van der Waals surface area contributed by atoms with Crippen molar-refractivity contribution in [3.63, 3.8) is 0 Å². The van der Waals surface area contributed by atoms with E-state index in [-0.39, 0.29) is 11.5 Å². The average molecular weight is 210 g/mol. The van der Waals surface area contributed by atoms with Crippen LogP contribution in [-0.4, -0.2) is 14.6 Å².